The zero-order valence-corrected chi connectivity index (χ0v) is 14.8. The van der Waals surface area contributed by atoms with E-state index in [1.807, 2.05) is 0 Å². The highest BCUT2D eigenvalue weighted by molar-refractivity contribution is 5.90. The third-order valence-electron chi connectivity index (χ3n) is 5.59. The quantitative estimate of drug-likeness (QED) is 0.908. The van der Waals surface area contributed by atoms with Gasteiger partial charge in [-0.15, -0.1) is 0 Å². The van der Waals surface area contributed by atoms with Crippen molar-refractivity contribution < 1.29 is 9.59 Å². The van der Waals surface area contributed by atoms with E-state index in [9.17, 15) is 9.59 Å². The number of amides is 2. The number of rotatable bonds is 4. The molecule has 1 aromatic rings. The normalized spacial score (nSPS) is 22.4. The van der Waals surface area contributed by atoms with E-state index in [0.717, 1.165) is 57.3 Å². The van der Waals surface area contributed by atoms with Gasteiger partial charge in [-0.3, -0.25) is 9.59 Å². The molecule has 1 aliphatic carbocycles. The van der Waals surface area contributed by atoms with Crippen molar-refractivity contribution >= 4 is 11.8 Å². The number of hydrogen-bond acceptors (Lipinski definition) is 4. The molecule has 1 unspecified atom stereocenters. The zero-order chi connectivity index (χ0) is 17.6. The summed E-state index contributed by atoms with van der Waals surface area (Å²) in [5.41, 5.74) is 6.42. The van der Waals surface area contributed by atoms with E-state index >= 15 is 0 Å². The maximum atomic E-state index is 12.7. The van der Waals surface area contributed by atoms with Crippen LogP contribution >= 0.6 is 0 Å². The van der Waals surface area contributed by atoms with Gasteiger partial charge in [-0.2, -0.15) is 0 Å². The number of hydrogen-bond donors (Lipinski definition) is 1. The van der Waals surface area contributed by atoms with E-state index in [-0.39, 0.29) is 11.6 Å². The third kappa shape index (κ3) is 4.77. The topological polar surface area (TPSA) is 89.2 Å². The predicted molar refractivity (Wildman–Crippen MR) is 94.7 cm³/mol. The highest BCUT2D eigenvalue weighted by atomic mass is 16.2. The Kier molecular flexibility index (Phi) is 6.00. The molecular weight excluding hydrogens is 316 g/mol. The van der Waals surface area contributed by atoms with Crippen LogP contribution in [0.1, 0.15) is 67.5 Å². The molecule has 0 bridgehead atoms. The second-order valence-electron chi connectivity index (χ2n) is 7.42. The van der Waals surface area contributed by atoms with Gasteiger partial charge in [0.1, 0.15) is 12.0 Å². The minimum Gasteiger partial charge on any atom is -0.364 e. The van der Waals surface area contributed by atoms with Crippen molar-refractivity contribution in [3.05, 3.63) is 23.8 Å². The number of carbonyl (C=O) groups excluding carboxylic acids is 2. The van der Waals surface area contributed by atoms with Gasteiger partial charge in [0.25, 0.3) is 5.91 Å². The van der Waals surface area contributed by atoms with Crippen LogP contribution in [0.2, 0.25) is 0 Å². The van der Waals surface area contributed by atoms with Gasteiger partial charge in [0.05, 0.1) is 0 Å². The molecule has 1 aromatic heterocycles. The number of nitrogens with two attached hydrogens (primary N) is 1. The summed E-state index contributed by atoms with van der Waals surface area (Å²) in [6, 6.07) is 1.69. The monoisotopic (exact) mass is 344 g/mol. The molecule has 0 spiro atoms. The first-order valence-electron chi connectivity index (χ1n) is 9.53. The Morgan fingerprint density at radius 2 is 1.84 bits per heavy atom. The smallest absolute Gasteiger partial charge is 0.267 e. The van der Waals surface area contributed by atoms with Gasteiger partial charge >= 0.3 is 0 Å². The van der Waals surface area contributed by atoms with Gasteiger partial charge in [0.2, 0.25) is 5.91 Å². The first kappa shape index (κ1) is 17.8. The highest BCUT2D eigenvalue weighted by Crippen LogP contribution is 2.28. The largest absolute Gasteiger partial charge is 0.364 e. The molecule has 0 aromatic carbocycles. The SMILES string of the molecule is NC(=O)c1cc(CC2CCCN(C(=O)C3CCCCC3)CC2)ncn1. The summed E-state index contributed by atoms with van der Waals surface area (Å²) in [5.74, 6) is 0.595. The van der Waals surface area contributed by atoms with Gasteiger partial charge in [-0.1, -0.05) is 19.3 Å². The molecule has 6 nitrogen and oxygen atoms in total. The first-order valence-corrected chi connectivity index (χ1v) is 9.53. The van der Waals surface area contributed by atoms with Gasteiger partial charge in [0.15, 0.2) is 0 Å². The van der Waals surface area contributed by atoms with E-state index in [1.165, 1.54) is 25.6 Å². The van der Waals surface area contributed by atoms with E-state index < -0.39 is 5.91 Å². The number of carbonyl (C=O) groups is 2. The number of likely N-dealkylation sites (tertiary alicyclic amines) is 1. The summed E-state index contributed by atoms with van der Waals surface area (Å²) in [6.07, 6.45) is 11.1. The Labute approximate surface area is 149 Å². The molecular formula is C19H28N4O2. The van der Waals surface area contributed by atoms with Crippen molar-refractivity contribution in [3.8, 4) is 0 Å². The standard InChI is InChI=1S/C19H28N4O2/c20-18(24)17-12-16(21-13-22-17)11-14-5-4-9-23(10-8-14)19(25)15-6-2-1-3-7-15/h12-15H,1-11H2,(H2,20,24). The number of nitrogens with zero attached hydrogens (tertiary/aromatic N) is 3. The first-order chi connectivity index (χ1) is 12.1. The minimum absolute atomic E-state index is 0.255. The van der Waals surface area contributed by atoms with Crippen LogP contribution in [0.3, 0.4) is 0 Å². The molecule has 2 aliphatic rings. The molecule has 6 heteroatoms. The van der Waals surface area contributed by atoms with Gasteiger partial charge in [-0.25, -0.2) is 9.97 Å². The van der Waals surface area contributed by atoms with Crippen molar-refractivity contribution in [2.75, 3.05) is 13.1 Å². The van der Waals surface area contributed by atoms with E-state index in [2.05, 4.69) is 14.9 Å². The van der Waals surface area contributed by atoms with Gasteiger partial charge in [0, 0.05) is 24.7 Å². The average molecular weight is 344 g/mol. The van der Waals surface area contributed by atoms with Crippen molar-refractivity contribution in [2.45, 2.75) is 57.8 Å². The summed E-state index contributed by atoms with van der Waals surface area (Å²) in [5, 5.41) is 0. The fraction of sp³-hybridized carbons (Fsp3) is 0.684. The Bertz CT molecular complexity index is 613. The van der Waals surface area contributed by atoms with Crippen molar-refractivity contribution in [1.29, 1.82) is 0 Å². The molecule has 136 valence electrons. The Balaban J connectivity index is 1.55. The van der Waals surface area contributed by atoms with Crippen molar-refractivity contribution in [2.24, 2.45) is 17.6 Å². The molecule has 2 N–H and O–H groups in total. The summed E-state index contributed by atoms with van der Waals surface area (Å²) in [4.78, 5) is 34.3. The average Bonchev–Trinajstić information content (AvgIpc) is 2.87. The fourth-order valence-electron chi connectivity index (χ4n) is 4.14. The van der Waals surface area contributed by atoms with Crippen LogP contribution in [0.25, 0.3) is 0 Å². The van der Waals surface area contributed by atoms with Crippen LogP contribution in [0, 0.1) is 11.8 Å². The van der Waals surface area contributed by atoms with Crippen LogP contribution in [0.5, 0.6) is 0 Å². The molecule has 2 heterocycles. The van der Waals surface area contributed by atoms with E-state index in [4.69, 9.17) is 5.73 Å². The van der Waals surface area contributed by atoms with Crippen LogP contribution in [-0.4, -0.2) is 39.8 Å². The second-order valence-corrected chi connectivity index (χ2v) is 7.42. The van der Waals surface area contributed by atoms with Crippen LogP contribution < -0.4 is 5.73 Å². The lowest BCUT2D eigenvalue weighted by atomic mass is 9.88. The molecule has 2 amide bonds. The Hall–Kier alpha value is -1.98. The molecule has 1 aliphatic heterocycles. The van der Waals surface area contributed by atoms with Crippen molar-refractivity contribution in [1.82, 2.24) is 14.9 Å². The molecule has 0 radical (unpaired) electrons. The predicted octanol–water partition coefficient (Wildman–Crippen LogP) is 2.33. The van der Waals surface area contributed by atoms with Crippen LogP contribution in [0.15, 0.2) is 12.4 Å². The fourth-order valence-corrected chi connectivity index (χ4v) is 4.14. The summed E-state index contributed by atoms with van der Waals surface area (Å²) in [6.45, 7) is 1.72. The summed E-state index contributed by atoms with van der Waals surface area (Å²) < 4.78 is 0. The molecule has 25 heavy (non-hydrogen) atoms. The minimum atomic E-state index is -0.520. The van der Waals surface area contributed by atoms with Crippen molar-refractivity contribution in [3.63, 3.8) is 0 Å². The molecule has 1 saturated carbocycles. The van der Waals surface area contributed by atoms with E-state index in [0.29, 0.717) is 11.8 Å². The van der Waals surface area contributed by atoms with Gasteiger partial charge < -0.3 is 10.6 Å². The molecule has 1 saturated heterocycles. The maximum Gasteiger partial charge on any atom is 0.267 e. The number of aromatic nitrogens is 2. The molecule has 3 rings (SSSR count). The number of primary amides is 1. The Morgan fingerprint density at radius 3 is 2.60 bits per heavy atom. The third-order valence-corrected chi connectivity index (χ3v) is 5.59. The summed E-state index contributed by atoms with van der Waals surface area (Å²) >= 11 is 0. The van der Waals surface area contributed by atoms with E-state index in [1.54, 1.807) is 6.07 Å². The zero-order valence-electron chi connectivity index (χ0n) is 14.8. The lowest BCUT2D eigenvalue weighted by Crippen LogP contribution is -2.37. The molecule has 1 atom stereocenters. The summed E-state index contributed by atoms with van der Waals surface area (Å²) in [7, 11) is 0. The maximum absolute atomic E-state index is 12.7. The van der Waals surface area contributed by atoms with Gasteiger partial charge in [-0.05, 0) is 50.5 Å². The van der Waals surface area contributed by atoms with Crippen LogP contribution in [-0.2, 0) is 11.2 Å². The van der Waals surface area contributed by atoms with Crippen LogP contribution in [0.4, 0.5) is 0 Å². The lowest BCUT2D eigenvalue weighted by Gasteiger charge is -2.28. The lowest BCUT2D eigenvalue weighted by molar-refractivity contribution is -0.136. The second kappa shape index (κ2) is 8.41. The highest BCUT2D eigenvalue weighted by Gasteiger charge is 2.28. The Morgan fingerprint density at radius 1 is 1.04 bits per heavy atom. The molecule has 2 fully saturated rings.